The first kappa shape index (κ1) is 14.4. The summed E-state index contributed by atoms with van der Waals surface area (Å²) in [5, 5.41) is 0.506. The SMILES string of the molecule is COc1cccc(OC)c1Oc1ccc(Cl)c(CN)n1. The van der Waals surface area contributed by atoms with Crippen molar-refractivity contribution in [1.29, 1.82) is 0 Å². The zero-order chi connectivity index (χ0) is 14.5. The summed E-state index contributed by atoms with van der Waals surface area (Å²) in [7, 11) is 3.12. The summed E-state index contributed by atoms with van der Waals surface area (Å²) in [6.45, 7) is 0.235. The first-order valence-corrected chi connectivity index (χ1v) is 6.31. The normalized spacial score (nSPS) is 10.2. The van der Waals surface area contributed by atoms with Gasteiger partial charge in [-0.05, 0) is 18.2 Å². The van der Waals surface area contributed by atoms with Crippen molar-refractivity contribution in [2.75, 3.05) is 14.2 Å². The van der Waals surface area contributed by atoms with Crippen molar-refractivity contribution in [3.8, 4) is 23.1 Å². The molecular formula is C14H15ClN2O3. The van der Waals surface area contributed by atoms with E-state index in [0.29, 0.717) is 33.8 Å². The van der Waals surface area contributed by atoms with E-state index in [0.717, 1.165) is 0 Å². The Hall–Kier alpha value is -1.98. The number of hydrogen-bond acceptors (Lipinski definition) is 5. The molecule has 0 aliphatic carbocycles. The van der Waals surface area contributed by atoms with Crippen LogP contribution in [0.4, 0.5) is 0 Å². The predicted molar refractivity (Wildman–Crippen MR) is 76.8 cm³/mol. The number of aromatic nitrogens is 1. The maximum Gasteiger partial charge on any atom is 0.219 e. The molecule has 2 aromatic rings. The molecule has 6 heteroatoms. The molecule has 20 heavy (non-hydrogen) atoms. The van der Waals surface area contributed by atoms with Gasteiger partial charge in [0, 0.05) is 12.6 Å². The van der Waals surface area contributed by atoms with Crippen LogP contribution in [0.1, 0.15) is 5.69 Å². The van der Waals surface area contributed by atoms with Gasteiger partial charge in [-0.25, -0.2) is 4.98 Å². The third-order valence-electron chi connectivity index (χ3n) is 2.68. The Labute approximate surface area is 122 Å². The van der Waals surface area contributed by atoms with Gasteiger partial charge >= 0.3 is 0 Å². The Kier molecular flexibility index (Phi) is 4.65. The van der Waals surface area contributed by atoms with Crippen LogP contribution in [0.3, 0.4) is 0 Å². The predicted octanol–water partition coefficient (Wildman–Crippen LogP) is 3.00. The number of benzene rings is 1. The van der Waals surface area contributed by atoms with E-state index in [9.17, 15) is 0 Å². The number of hydrogen-bond donors (Lipinski definition) is 1. The van der Waals surface area contributed by atoms with Crippen molar-refractivity contribution in [2.45, 2.75) is 6.54 Å². The second-order valence-electron chi connectivity index (χ2n) is 3.88. The van der Waals surface area contributed by atoms with Gasteiger partial charge in [-0.15, -0.1) is 0 Å². The van der Waals surface area contributed by atoms with Crippen LogP contribution < -0.4 is 19.9 Å². The molecule has 0 fully saturated rings. The highest BCUT2D eigenvalue weighted by atomic mass is 35.5. The quantitative estimate of drug-likeness (QED) is 0.918. The van der Waals surface area contributed by atoms with Crippen molar-refractivity contribution < 1.29 is 14.2 Å². The summed E-state index contributed by atoms with van der Waals surface area (Å²) in [4.78, 5) is 4.25. The number of halogens is 1. The minimum atomic E-state index is 0.235. The number of ether oxygens (including phenoxy) is 3. The minimum absolute atomic E-state index is 0.235. The second kappa shape index (κ2) is 6.45. The summed E-state index contributed by atoms with van der Waals surface area (Å²) in [6.07, 6.45) is 0. The third-order valence-corrected chi connectivity index (χ3v) is 3.02. The molecule has 0 spiro atoms. The number of methoxy groups -OCH3 is 2. The molecule has 0 saturated carbocycles. The fourth-order valence-electron chi connectivity index (χ4n) is 1.69. The summed E-state index contributed by atoms with van der Waals surface area (Å²) in [5.41, 5.74) is 6.14. The van der Waals surface area contributed by atoms with E-state index >= 15 is 0 Å². The lowest BCUT2D eigenvalue weighted by molar-refractivity contribution is 0.341. The average Bonchev–Trinajstić information content (AvgIpc) is 2.49. The van der Waals surface area contributed by atoms with Crippen LogP contribution in [0.2, 0.25) is 5.02 Å². The summed E-state index contributed by atoms with van der Waals surface area (Å²) in [6, 6.07) is 8.71. The zero-order valence-corrected chi connectivity index (χ0v) is 12.0. The standard InChI is InChI=1S/C14H15ClN2O3/c1-18-11-4-3-5-12(19-2)14(11)20-13-7-6-9(15)10(8-16)17-13/h3-7H,8,16H2,1-2H3. The van der Waals surface area contributed by atoms with E-state index in [-0.39, 0.29) is 6.54 Å². The van der Waals surface area contributed by atoms with Gasteiger partial charge in [-0.1, -0.05) is 17.7 Å². The van der Waals surface area contributed by atoms with Gasteiger partial charge in [-0.3, -0.25) is 0 Å². The smallest absolute Gasteiger partial charge is 0.219 e. The first-order chi connectivity index (χ1) is 9.69. The van der Waals surface area contributed by atoms with Crippen LogP contribution in [-0.4, -0.2) is 19.2 Å². The van der Waals surface area contributed by atoms with Crippen molar-refractivity contribution in [1.82, 2.24) is 4.98 Å². The molecule has 0 bridgehead atoms. The largest absolute Gasteiger partial charge is 0.493 e. The summed E-state index contributed by atoms with van der Waals surface area (Å²) < 4.78 is 16.3. The minimum Gasteiger partial charge on any atom is -0.493 e. The molecule has 2 rings (SSSR count). The van der Waals surface area contributed by atoms with E-state index in [4.69, 9.17) is 31.5 Å². The van der Waals surface area contributed by atoms with Crippen LogP contribution >= 0.6 is 11.6 Å². The van der Waals surface area contributed by atoms with Crippen molar-refractivity contribution >= 4 is 11.6 Å². The fraction of sp³-hybridized carbons (Fsp3) is 0.214. The average molecular weight is 295 g/mol. The summed E-state index contributed by atoms with van der Waals surface area (Å²) in [5.74, 6) is 1.93. The lowest BCUT2D eigenvalue weighted by Crippen LogP contribution is -2.02. The van der Waals surface area contributed by atoms with Gasteiger partial charge in [0.25, 0.3) is 0 Å². The molecule has 106 valence electrons. The highest BCUT2D eigenvalue weighted by Gasteiger charge is 2.13. The molecule has 0 radical (unpaired) electrons. The molecule has 0 aliphatic heterocycles. The van der Waals surface area contributed by atoms with Gasteiger partial charge in [0.15, 0.2) is 11.5 Å². The number of nitrogens with two attached hydrogens (primary N) is 1. The molecule has 1 heterocycles. The number of rotatable bonds is 5. The molecule has 2 N–H and O–H groups in total. The number of pyridine rings is 1. The van der Waals surface area contributed by atoms with Crippen LogP contribution in [-0.2, 0) is 6.54 Å². The van der Waals surface area contributed by atoms with Gasteiger partial charge in [0.1, 0.15) is 0 Å². The van der Waals surface area contributed by atoms with Crippen LogP contribution in [0.15, 0.2) is 30.3 Å². The second-order valence-corrected chi connectivity index (χ2v) is 4.28. The monoisotopic (exact) mass is 294 g/mol. The van der Waals surface area contributed by atoms with Gasteiger partial charge in [-0.2, -0.15) is 0 Å². The van der Waals surface area contributed by atoms with Crippen molar-refractivity contribution in [3.05, 3.63) is 41.0 Å². The molecule has 1 aromatic heterocycles. The first-order valence-electron chi connectivity index (χ1n) is 5.94. The van der Waals surface area contributed by atoms with Crippen LogP contribution in [0.25, 0.3) is 0 Å². The van der Waals surface area contributed by atoms with Crippen LogP contribution in [0, 0.1) is 0 Å². The number of para-hydroxylation sites is 1. The lowest BCUT2D eigenvalue weighted by Gasteiger charge is -2.13. The maximum atomic E-state index is 5.97. The highest BCUT2D eigenvalue weighted by Crippen LogP contribution is 2.39. The van der Waals surface area contributed by atoms with Crippen molar-refractivity contribution in [3.63, 3.8) is 0 Å². The Morgan fingerprint density at radius 3 is 2.30 bits per heavy atom. The van der Waals surface area contributed by atoms with Crippen LogP contribution in [0.5, 0.6) is 23.1 Å². The fourth-order valence-corrected chi connectivity index (χ4v) is 1.87. The van der Waals surface area contributed by atoms with Gasteiger partial charge < -0.3 is 19.9 Å². The molecule has 1 aromatic carbocycles. The molecule has 0 atom stereocenters. The summed E-state index contributed by atoms with van der Waals surface area (Å²) >= 11 is 5.97. The molecule has 0 saturated heterocycles. The van der Waals surface area contributed by atoms with E-state index in [1.54, 1.807) is 38.5 Å². The van der Waals surface area contributed by atoms with Crippen molar-refractivity contribution in [2.24, 2.45) is 5.73 Å². The highest BCUT2D eigenvalue weighted by molar-refractivity contribution is 6.31. The van der Waals surface area contributed by atoms with Gasteiger partial charge in [0.2, 0.25) is 11.6 Å². The topological polar surface area (TPSA) is 66.6 Å². The van der Waals surface area contributed by atoms with Gasteiger partial charge in [0.05, 0.1) is 24.9 Å². The Bertz CT molecular complexity index is 583. The Morgan fingerprint density at radius 1 is 1.10 bits per heavy atom. The third kappa shape index (κ3) is 2.95. The molecule has 0 aliphatic rings. The van der Waals surface area contributed by atoms with E-state index in [1.807, 2.05) is 6.07 Å². The molecule has 0 amide bonds. The molecule has 5 nitrogen and oxygen atoms in total. The Balaban J connectivity index is 2.39. The zero-order valence-electron chi connectivity index (χ0n) is 11.2. The van der Waals surface area contributed by atoms with E-state index in [2.05, 4.69) is 4.98 Å². The lowest BCUT2D eigenvalue weighted by atomic mass is 10.3. The molecular weight excluding hydrogens is 280 g/mol. The molecule has 0 unspecified atom stereocenters. The van der Waals surface area contributed by atoms with E-state index in [1.165, 1.54) is 0 Å². The Morgan fingerprint density at radius 2 is 1.75 bits per heavy atom. The maximum absolute atomic E-state index is 5.97. The van der Waals surface area contributed by atoms with E-state index < -0.39 is 0 Å². The number of nitrogens with zero attached hydrogens (tertiary/aromatic N) is 1.